The second-order valence-electron chi connectivity index (χ2n) is 6.29. The van der Waals surface area contributed by atoms with Crippen LogP contribution in [0.4, 0.5) is 17.1 Å². The number of pyridine rings is 1. The first-order valence-electron chi connectivity index (χ1n) is 8.38. The van der Waals surface area contributed by atoms with Crippen molar-refractivity contribution in [3.63, 3.8) is 0 Å². The lowest BCUT2D eigenvalue weighted by molar-refractivity contribution is 0.0939. The molecule has 1 unspecified atom stereocenters. The van der Waals surface area contributed by atoms with Crippen LogP contribution in [-0.4, -0.2) is 21.4 Å². The number of amides is 1. The molecule has 3 rings (SSSR count). The van der Waals surface area contributed by atoms with E-state index in [-0.39, 0.29) is 11.4 Å². The third-order valence-electron chi connectivity index (χ3n) is 4.02. The molecule has 150 valence electrons. The Hall–Kier alpha value is -2.61. The van der Waals surface area contributed by atoms with Gasteiger partial charge in [0, 0.05) is 16.8 Å². The lowest BCUT2D eigenvalue weighted by atomic mass is 10.1. The Morgan fingerprint density at radius 3 is 2.31 bits per heavy atom. The van der Waals surface area contributed by atoms with E-state index in [9.17, 15) is 14.4 Å². The van der Waals surface area contributed by atoms with Crippen molar-refractivity contribution in [3.8, 4) is 0 Å². The van der Waals surface area contributed by atoms with Crippen LogP contribution in [0.3, 0.4) is 0 Å². The van der Waals surface area contributed by atoms with E-state index in [4.69, 9.17) is 34.8 Å². The van der Waals surface area contributed by atoms with E-state index in [2.05, 4.69) is 20.9 Å². The largest absolute Gasteiger partial charge is 0.358 e. The van der Waals surface area contributed by atoms with E-state index in [1.807, 2.05) is 0 Å². The summed E-state index contributed by atoms with van der Waals surface area (Å²) in [4.78, 5) is 40.5. The van der Waals surface area contributed by atoms with Crippen LogP contribution in [0.25, 0.3) is 0 Å². The zero-order chi connectivity index (χ0) is 21.2. The molecule has 0 radical (unpaired) electrons. The highest BCUT2D eigenvalue weighted by Gasteiger charge is 2.34. The lowest BCUT2D eigenvalue weighted by Crippen LogP contribution is -2.52. The average molecular weight is 454 g/mol. The molecule has 29 heavy (non-hydrogen) atoms. The maximum absolute atomic E-state index is 12.5. The van der Waals surface area contributed by atoms with Crippen molar-refractivity contribution in [2.24, 2.45) is 0 Å². The molecule has 0 bridgehead atoms. The zero-order valence-electron chi connectivity index (χ0n) is 15.0. The number of rotatable bonds is 7. The fourth-order valence-electron chi connectivity index (χ4n) is 2.48. The van der Waals surface area contributed by atoms with Gasteiger partial charge in [-0.1, -0.05) is 34.8 Å². The van der Waals surface area contributed by atoms with Gasteiger partial charge in [0.2, 0.25) is 0 Å². The second-order valence-corrected chi connectivity index (χ2v) is 8.49. The third kappa shape index (κ3) is 4.87. The third-order valence-corrected chi connectivity index (χ3v) is 4.71. The first-order chi connectivity index (χ1) is 13.7. The van der Waals surface area contributed by atoms with Crippen LogP contribution >= 0.6 is 34.8 Å². The molecule has 0 spiro atoms. The Morgan fingerprint density at radius 2 is 1.72 bits per heavy atom. The van der Waals surface area contributed by atoms with Gasteiger partial charge < -0.3 is 16.0 Å². The van der Waals surface area contributed by atoms with Gasteiger partial charge in [-0.15, -0.1) is 0 Å². The molecule has 0 aliphatic carbocycles. The first kappa shape index (κ1) is 21.1. The van der Waals surface area contributed by atoms with Crippen LogP contribution in [0.15, 0.2) is 58.4 Å². The van der Waals surface area contributed by atoms with Gasteiger partial charge >= 0.3 is 0 Å². The van der Waals surface area contributed by atoms with Gasteiger partial charge in [0.05, 0.1) is 11.9 Å². The van der Waals surface area contributed by atoms with Gasteiger partial charge in [0.15, 0.2) is 4.33 Å². The Kier molecular flexibility index (Phi) is 6.12. The number of carbonyl (C=O) groups excluding carboxylic acids is 1. The monoisotopic (exact) mass is 452 g/mol. The number of benzene rings is 1. The highest BCUT2D eigenvalue weighted by Crippen LogP contribution is 2.28. The fourth-order valence-corrected chi connectivity index (χ4v) is 2.82. The Morgan fingerprint density at radius 1 is 1.07 bits per heavy atom. The van der Waals surface area contributed by atoms with E-state index in [1.54, 1.807) is 30.5 Å². The number of carbonyl (C=O) groups is 1. The molecule has 0 fully saturated rings. The van der Waals surface area contributed by atoms with Gasteiger partial charge in [0.1, 0.15) is 17.5 Å². The molecule has 3 aromatic rings. The number of anilines is 3. The summed E-state index contributed by atoms with van der Waals surface area (Å²) in [5.41, 5.74) is -0.620. The number of hydrogen-bond acceptors (Lipinski definition) is 6. The minimum Gasteiger partial charge on any atom is -0.358 e. The van der Waals surface area contributed by atoms with Gasteiger partial charge in [-0.25, -0.2) is 0 Å². The van der Waals surface area contributed by atoms with Crippen molar-refractivity contribution in [3.05, 3.63) is 79.8 Å². The molecule has 10 heteroatoms. The van der Waals surface area contributed by atoms with Crippen molar-refractivity contribution in [2.45, 2.75) is 17.4 Å². The number of nitrogens with one attached hydrogen (secondary N) is 3. The quantitative estimate of drug-likeness (QED) is 0.288. The number of alkyl halides is 2. The van der Waals surface area contributed by atoms with E-state index in [1.165, 1.54) is 25.3 Å². The van der Waals surface area contributed by atoms with Crippen LogP contribution in [0, 0.1) is 0 Å². The predicted octanol–water partition coefficient (Wildman–Crippen LogP) is 3.44. The molecule has 1 amide bonds. The molecule has 0 aliphatic heterocycles. The normalized spacial score (nSPS) is 12.4. The molecule has 0 saturated carbocycles. The second kappa shape index (κ2) is 8.41. The summed E-state index contributed by atoms with van der Waals surface area (Å²) < 4.78 is -1.51. The van der Waals surface area contributed by atoms with E-state index < -0.39 is 27.3 Å². The highest BCUT2D eigenvalue weighted by molar-refractivity contribution is 6.48. The van der Waals surface area contributed by atoms with Crippen molar-refractivity contribution < 1.29 is 4.79 Å². The summed E-state index contributed by atoms with van der Waals surface area (Å²) in [6, 6.07) is 9.53. The maximum Gasteiger partial charge on any atom is 0.253 e. The molecule has 3 N–H and O–H groups in total. The van der Waals surface area contributed by atoms with Gasteiger partial charge in [0.25, 0.3) is 16.8 Å². The SMILES string of the molecule is CC(Cl)(Cl)C(NC(=O)c1ccc(Cl)cc1)Nc1c(Nc2cccnc2)c(=O)c1=O. The van der Waals surface area contributed by atoms with Crippen molar-refractivity contribution in [1.82, 2.24) is 10.3 Å². The Balaban J connectivity index is 1.82. The molecule has 2 aromatic carbocycles. The summed E-state index contributed by atoms with van der Waals surface area (Å²) in [6.07, 6.45) is 1.99. The molecule has 1 heterocycles. The van der Waals surface area contributed by atoms with Crippen molar-refractivity contribution >= 4 is 57.8 Å². The van der Waals surface area contributed by atoms with Gasteiger partial charge in [-0.05, 0) is 43.3 Å². The molecule has 7 nitrogen and oxygen atoms in total. The van der Waals surface area contributed by atoms with Crippen molar-refractivity contribution in [1.29, 1.82) is 0 Å². The molecular weight excluding hydrogens is 439 g/mol. The summed E-state index contributed by atoms with van der Waals surface area (Å²) >= 11 is 18.2. The molecule has 0 aliphatic rings. The first-order valence-corrected chi connectivity index (χ1v) is 9.51. The van der Waals surface area contributed by atoms with Crippen molar-refractivity contribution in [2.75, 3.05) is 10.6 Å². The standard InChI is InChI=1S/C19H15Cl3N4O3/c1-19(21,22)18(26-17(29)10-4-6-11(20)7-5-10)25-14-13(15(27)16(14)28)24-12-3-2-8-23-9-12/h2-9,18,24-25H,1H3,(H,26,29). The summed E-state index contributed by atoms with van der Waals surface area (Å²) in [5, 5.41) is 8.68. The summed E-state index contributed by atoms with van der Waals surface area (Å²) in [7, 11) is 0. The topological polar surface area (TPSA) is 100 Å². The summed E-state index contributed by atoms with van der Waals surface area (Å²) in [5.74, 6) is -0.493. The van der Waals surface area contributed by atoms with Crippen LogP contribution < -0.4 is 26.8 Å². The van der Waals surface area contributed by atoms with Gasteiger partial charge in [-0.3, -0.25) is 19.4 Å². The number of nitrogens with zero attached hydrogens (tertiary/aromatic N) is 1. The highest BCUT2D eigenvalue weighted by atomic mass is 35.5. The number of hydrogen-bond donors (Lipinski definition) is 3. The predicted molar refractivity (Wildman–Crippen MR) is 115 cm³/mol. The maximum atomic E-state index is 12.5. The smallest absolute Gasteiger partial charge is 0.253 e. The summed E-state index contributed by atoms with van der Waals surface area (Å²) in [6.45, 7) is 1.44. The van der Waals surface area contributed by atoms with Crippen LogP contribution in [0.5, 0.6) is 0 Å². The van der Waals surface area contributed by atoms with Crippen LogP contribution in [0.2, 0.25) is 5.02 Å². The molecule has 1 aromatic heterocycles. The number of halogens is 3. The van der Waals surface area contributed by atoms with E-state index in [0.29, 0.717) is 16.3 Å². The van der Waals surface area contributed by atoms with Crippen LogP contribution in [0.1, 0.15) is 17.3 Å². The molecular formula is C19H15Cl3N4O3. The average Bonchev–Trinajstić information content (AvgIpc) is 2.69. The van der Waals surface area contributed by atoms with E-state index >= 15 is 0 Å². The Labute approximate surface area is 180 Å². The minimum atomic E-state index is -1.51. The lowest BCUT2D eigenvalue weighted by Gasteiger charge is -2.30. The molecule has 1 atom stereocenters. The Bertz CT molecular complexity index is 1090. The zero-order valence-corrected chi connectivity index (χ0v) is 17.3. The minimum absolute atomic E-state index is 0.0336. The molecule has 0 saturated heterocycles. The van der Waals surface area contributed by atoms with Gasteiger partial charge in [-0.2, -0.15) is 0 Å². The van der Waals surface area contributed by atoms with E-state index in [0.717, 1.165) is 0 Å². The van der Waals surface area contributed by atoms with Crippen LogP contribution in [-0.2, 0) is 0 Å². The number of aromatic nitrogens is 1. The fraction of sp³-hybridized carbons (Fsp3) is 0.158.